The average Bonchev–Trinajstić information content (AvgIpc) is 2.73. The van der Waals surface area contributed by atoms with Crippen molar-refractivity contribution in [3.05, 3.63) is 58.1 Å². The third-order valence-electron chi connectivity index (χ3n) is 5.76. The number of esters is 1. The summed E-state index contributed by atoms with van der Waals surface area (Å²) >= 11 is 6.22. The molecule has 6 heteroatoms. The molecule has 0 spiro atoms. The van der Waals surface area contributed by atoms with Crippen LogP contribution in [-0.4, -0.2) is 38.8 Å². The number of carbonyl (C=O) groups is 1. The smallest absolute Gasteiger partial charge is 0.337 e. The van der Waals surface area contributed by atoms with Gasteiger partial charge in [-0.15, -0.1) is 0 Å². The first kappa shape index (κ1) is 20.0. The molecule has 2 aromatic carbocycles. The maximum absolute atomic E-state index is 12.1. The second kappa shape index (κ2) is 9.06. The number of ether oxygens (including phenoxy) is 2. The third kappa shape index (κ3) is 4.68. The van der Waals surface area contributed by atoms with E-state index < -0.39 is 0 Å². The van der Waals surface area contributed by atoms with Crippen molar-refractivity contribution in [1.82, 2.24) is 5.32 Å². The molecule has 0 unspecified atom stereocenters. The first-order chi connectivity index (χ1) is 14.1. The zero-order valence-corrected chi connectivity index (χ0v) is 17.5. The van der Waals surface area contributed by atoms with Gasteiger partial charge in [0.2, 0.25) is 0 Å². The summed E-state index contributed by atoms with van der Waals surface area (Å²) in [6.07, 6.45) is 4.29. The van der Waals surface area contributed by atoms with Gasteiger partial charge in [0.25, 0.3) is 0 Å². The average molecular weight is 415 g/mol. The van der Waals surface area contributed by atoms with E-state index in [-0.39, 0.29) is 5.97 Å². The molecule has 1 fully saturated rings. The molecule has 1 N–H and O–H groups in total. The van der Waals surface area contributed by atoms with Crippen molar-refractivity contribution in [3.8, 4) is 5.75 Å². The van der Waals surface area contributed by atoms with E-state index in [1.807, 2.05) is 24.3 Å². The Bertz CT molecular complexity index is 882. The fraction of sp³-hybridized carbons (Fsp3) is 0.435. The van der Waals surface area contributed by atoms with Crippen molar-refractivity contribution in [2.75, 3.05) is 31.6 Å². The first-order valence-corrected chi connectivity index (χ1v) is 10.6. The van der Waals surface area contributed by atoms with Gasteiger partial charge in [0.05, 0.1) is 18.4 Å². The van der Waals surface area contributed by atoms with Gasteiger partial charge in [0.15, 0.2) is 0 Å². The van der Waals surface area contributed by atoms with Crippen LogP contribution in [0.3, 0.4) is 0 Å². The number of hydrogen-bond donors (Lipinski definition) is 1. The maximum Gasteiger partial charge on any atom is 0.337 e. The van der Waals surface area contributed by atoms with Gasteiger partial charge in [-0.25, -0.2) is 4.79 Å². The topological polar surface area (TPSA) is 50.8 Å². The SMILES string of the molecule is COC(=O)c1ccc2c(c1)N(C[C@@H]1CCN1)CCCCc1cc(Cl)ccc1CO2. The van der Waals surface area contributed by atoms with Gasteiger partial charge >= 0.3 is 5.97 Å². The highest BCUT2D eigenvalue weighted by atomic mass is 35.5. The Kier molecular flexibility index (Phi) is 6.26. The monoisotopic (exact) mass is 414 g/mol. The van der Waals surface area contributed by atoms with Crippen LogP contribution in [0.4, 0.5) is 5.69 Å². The Labute approximate surface area is 176 Å². The van der Waals surface area contributed by atoms with E-state index in [1.165, 1.54) is 19.1 Å². The van der Waals surface area contributed by atoms with Crippen LogP contribution in [0, 0.1) is 0 Å². The molecule has 154 valence electrons. The number of halogens is 1. The summed E-state index contributed by atoms with van der Waals surface area (Å²) in [6.45, 7) is 3.36. The fourth-order valence-corrected chi connectivity index (χ4v) is 4.15. The molecule has 0 aliphatic carbocycles. The van der Waals surface area contributed by atoms with Gasteiger partial charge in [-0.1, -0.05) is 17.7 Å². The van der Waals surface area contributed by atoms with Gasteiger partial charge in [0, 0.05) is 24.2 Å². The zero-order valence-electron chi connectivity index (χ0n) is 16.7. The third-order valence-corrected chi connectivity index (χ3v) is 6.00. The lowest BCUT2D eigenvalue weighted by Gasteiger charge is -2.35. The molecule has 5 nitrogen and oxygen atoms in total. The minimum atomic E-state index is -0.330. The fourth-order valence-electron chi connectivity index (χ4n) is 3.95. The number of anilines is 1. The number of nitrogens with one attached hydrogen (secondary N) is 1. The molecule has 0 bridgehead atoms. The van der Waals surface area contributed by atoms with Crippen molar-refractivity contribution < 1.29 is 14.3 Å². The van der Waals surface area contributed by atoms with Crippen LogP contribution in [0.2, 0.25) is 5.02 Å². The van der Waals surface area contributed by atoms with Crippen molar-refractivity contribution in [1.29, 1.82) is 0 Å². The Hall–Kier alpha value is -2.24. The zero-order chi connectivity index (χ0) is 20.2. The Morgan fingerprint density at radius 1 is 1.24 bits per heavy atom. The molecule has 0 amide bonds. The quantitative estimate of drug-likeness (QED) is 0.762. The standard InChI is InChI=1S/C23H27ClN2O3/c1-28-23(27)17-6-8-22-21(13-17)26(14-20-9-10-25-20)11-3-2-4-16-12-19(24)7-5-18(16)15-29-22/h5-8,12-13,20,25H,2-4,9-11,14-15H2,1H3/t20-/m0/s1. The van der Waals surface area contributed by atoms with E-state index in [4.69, 9.17) is 21.1 Å². The summed E-state index contributed by atoms with van der Waals surface area (Å²) in [5.74, 6) is 0.462. The van der Waals surface area contributed by atoms with Gasteiger partial charge in [0.1, 0.15) is 12.4 Å². The summed E-state index contributed by atoms with van der Waals surface area (Å²) in [6, 6.07) is 12.1. The highest BCUT2D eigenvalue weighted by Gasteiger charge is 2.23. The van der Waals surface area contributed by atoms with E-state index in [0.717, 1.165) is 60.9 Å². The lowest BCUT2D eigenvalue weighted by atomic mass is 10.0. The highest BCUT2D eigenvalue weighted by molar-refractivity contribution is 6.30. The van der Waals surface area contributed by atoms with Gasteiger partial charge in [-0.3, -0.25) is 0 Å². The minimum absolute atomic E-state index is 0.330. The van der Waals surface area contributed by atoms with Gasteiger partial charge < -0.3 is 19.7 Å². The Morgan fingerprint density at radius 3 is 2.86 bits per heavy atom. The van der Waals surface area contributed by atoms with Crippen LogP contribution in [0.1, 0.15) is 40.7 Å². The second-order valence-electron chi connectivity index (χ2n) is 7.72. The van der Waals surface area contributed by atoms with Crippen LogP contribution >= 0.6 is 11.6 Å². The van der Waals surface area contributed by atoms with Gasteiger partial charge in [-0.2, -0.15) is 0 Å². The number of aryl methyl sites for hydroxylation is 1. The predicted octanol–water partition coefficient (Wildman–Crippen LogP) is 4.21. The van der Waals surface area contributed by atoms with E-state index in [2.05, 4.69) is 16.3 Å². The number of benzene rings is 2. The predicted molar refractivity (Wildman–Crippen MR) is 115 cm³/mol. The van der Waals surface area contributed by atoms with Crippen molar-refractivity contribution in [2.45, 2.75) is 38.3 Å². The molecule has 2 aliphatic rings. The first-order valence-electron chi connectivity index (χ1n) is 10.2. The summed E-state index contributed by atoms with van der Waals surface area (Å²) < 4.78 is 11.2. The number of rotatable bonds is 3. The minimum Gasteiger partial charge on any atom is -0.487 e. The molecule has 29 heavy (non-hydrogen) atoms. The van der Waals surface area contributed by atoms with Crippen LogP contribution in [0.25, 0.3) is 0 Å². The maximum atomic E-state index is 12.1. The highest BCUT2D eigenvalue weighted by Crippen LogP contribution is 2.33. The van der Waals surface area contributed by atoms with E-state index in [1.54, 1.807) is 6.07 Å². The number of carbonyl (C=O) groups excluding carboxylic acids is 1. The van der Waals surface area contributed by atoms with Gasteiger partial charge in [-0.05, 0) is 73.7 Å². The van der Waals surface area contributed by atoms with Crippen molar-refractivity contribution >= 4 is 23.3 Å². The normalized spacial score (nSPS) is 19.1. The molecule has 0 saturated carbocycles. The van der Waals surface area contributed by atoms with Crippen LogP contribution in [-0.2, 0) is 17.8 Å². The summed E-state index contributed by atoms with van der Waals surface area (Å²) in [5.41, 5.74) is 3.91. The summed E-state index contributed by atoms with van der Waals surface area (Å²) in [5, 5.41) is 4.24. The molecule has 4 rings (SSSR count). The molecule has 2 aromatic rings. The summed E-state index contributed by atoms with van der Waals surface area (Å²) in [4.78, 5) is 14.5. The molecule has 0 aromatic heterocycles. The molecule has 0 radical (unpaired) electrons. The van der Waals surface area contributed by atoms with Crippen molar-refractivity contribution in [3.63, 3.8) is 0 Å². The van der Waals surface area contributed by atoms with Crippen molar-refractivity contribution in [2.24, 2.45) is 0 Å². The molecule has 1 atom stereocenters. The number of hydrogen-bond acceptors (Lipinski definition) is 5. The summed E-state index contributed by atoms with van der Waals surface area (Å²) in [7, 11) is 1.41. The number of nitrogens with zero attached hydrogens (tertiary/aromatic N) is 1. The van der Waals surface area contributed by atoms with E-state index in [0.29, 0.717) is 18.2 Å². The molecular weight excluding hydrogens is 388 g/mol. The lowest BCUT2D eigenvalue weighted by Crippen LogP contribution is -2.50. The lowest BCUT2D eigenvalue weighted by molar-refractivity contribution is 0.0600. The Morgan fingerprint density at radius 2 is 2.10 bits per heavy atom. The van der Waals surface area contributed by atoms with E-state index >= 15 is 0 Å². The molecule has 1 saturated heterocycles. The van der Waals surface area contributed by atoms with Crippen LogP contribution < -0.4 is 15.0 Å². The second-order valence-corrected chi connectivity index (χ2v) is 8.16. The number of fused-ring (bicyclic) bond motifs is 2. The van der Waals surface area contributed by atoms with Crippen LogP contribution in [0.5, 0.6) is 5.75 Å². The number of methoxy groups -OCH3 is 1. The Balaban J connectivity index is 1.68. The largest absolute Gasteiger partial charge is 0.487 e. The molecular formula is C23H27ClN2O3. The molecule has 2 heterocycles. The van der Waals surface area contributed by atoms with E-state index in [9.17, 15) is 4.79 Å². The molecule has 2 aliphatic heterocycles. The van der Waals surface area contributed by atoms with Crippen LogP contribution in [0.15, 0.2) is 36.4 Å².